The number of aliphatic imine (C=N–C) groups is 1. The van der Waals surface area contributed by atoms with E-state index in [4.69, 9.17) is 28.3 Å². The van der Waals surface area contributed by atoms with Crippen LogP contribution in [0.3, 0.4) is 0 Å². The van der Waals surface area contributed by atoms with Gasteiger partial charge in [0.05, 0.1) is 23.6 Å². The number of hydrogen-bond donors (Lipinski definition) is 2. The van der Waals surface area contributed by atoms with E-state index in [1.165, 1.54) is 11.9 Å². The summed E-state index contributed by atoms with van der Waals surface area (Å²) in [6.07, 6.45) is 0. The van der Waals surface area contributed by atoms with Crippen molar-refractivity contribution in [3.8, 4) is 16.9 Å². The molecule has 1 heterocycles. The third-order valence-electron chi connectivity index (χ3n) is 4.64. The van der Waals surface area contributed by atoms with Gasteiger partial charge in [-0.25, -0.2) is 4.68 Å². The summed E-state index contributed by atoms with van der Waals surface area (Å²) < 4.78 is 5.15. The molecule has 0 unspecified atom stereocenters. The van der Waals surface area contributed by atoms with Crippen molar-refractivity contribution in [2.75, 3.05) is 7.05 Å². The smallest absolute Gasteiger partial charge is 0.201 e. The van der Waals surface area contributed by atoms with E-state index < -0.39 is 0 Å². The molecule has 8 heteroatoms. The Kier molecular flexibility index (Phi) is 7.37. The molecule has 4 rings (SSSR count). The second-order valence-electron chi connectivity index (χ2n) is 6.86. The summed E-state index contributed by atoms with van der Waals surface area (Å²) in [6.45, 7) is 0.510. The summed E-state index contributed by atoms with van der Waals surface area (Å²) in [4.78, 5) is 5.40. The summed E-state index contributed by atoms with van der Waals surface area (Å²) >= 11 is 13.7. The number of guanidine groups is 1. The van der Waals surface area contributed by atoms with Gasteiger partial charge >= 0.3 is 0 Å². The highest BCUT2D eigenvalue weighted by Gasteiger charge is 2.13. The number of halogens is 2. The largest absolute Gasteiger partial charge is 0.350 e. The molecule has 0 atom stereocenters. The summed E-state index contributed by atoms with van der Waals surface area (Å²) in [5, 5.41) is 9.52. The van der Waals surface area contributed by atoms with Gasteiger partial charge in [-0.1, -0.05) is 53.5 Å². The monoisotopic (exact) mass is 481 g/mol. The zero-order chi connectivity index (χ0) is 22.3. The minimum absolute atomic E-state index is 0.510. The Morgan fingerprint density at radius 1 is 0.938 bits per heavy atom. The van der Waals surface area contributed by atoms with Crippen LogP contribution in [0.25, 0.3) is 16.9 Å². The minimum atomic E-state index is 0.510. The van der Waals surface area contributed by atoms with Gasteiger partial charge in [0, 0.05) is 27.6 Å². The highest BCUT2D eigenvalue weighted by molar-refractivity contribution is 7.98. The van der Waals surface area contributed by atoms with Gasteiger partial charge < -0.3 is 5.32 Å². The molecule has 32 heavy (non-hydrogen) atoms. The van der Waals surface area contributed by atoms with Crippen molar-refractivity contribution in [3.63, 3.8) is 0 Å². The Morgan fingerprint density at radius 3 is 2.25 bits per heavy atom. The first kappa shape index (κ1) is 22.3. The third-order valence-corrected chi connectivity index (χ3v) is 5.95. The number of rotatable bonds is 6. The van der Waals surface area contributed by atoms with Crippen LogP contribution in [0.1, 0.15) is 5.69 Å². The average molecular weight is 482 g/mol. The van der Waals surface area contributed by atoms with Crippen LogP contribution < -0.4 is 10.0 Å². The normalized spacial score (nSPS) is 11.4. The number of aromatic nitrogens is 2. The Morgan fingerprint density at radius 2 is 1.59 bits per heavy atom. The molecule has 0 aliphatic rings. The Hall–Kier alpha value is -2.93. The second-order valence-corrected chi connectivity index (χ2v) is 8.61. The molecular formula is C24H21Cl2N5S. The van der Waals surface area contributed by atoms with Gasteiger partial charge in [-0.3, -0.25) is 9.71 Å². The lowest BCUT2D eigenvalue weighted by molar-refractivity contribution is 0.797. The molecule has 1 aromatic heterocycles. The first-order valence-corrected chi connectivity index (χ1v) is 11.5. The van der Waals surface area contributed by atoms with E-state index in [1.807, 2.05) is 83.5 Å². The van der Waals surface area contributed by atoms with Crippen LogP contribution in [0.2, 0.25) is 10.0 Å². The maximum Gasteiger partial charge on any atom is 0.201 e. The van der Waals surface area contributed by atoms with Gasteiger partial charge in [0.1, 0.15) is 0 Å². The van der Waals surface area contributed by atoms with Crippen molar-refractivity contribution in [1.82, 2.24) is 19.8 Å². The average Bonchev–Trinajstić information content (AvgIpc) is 3.25. The standard InChI is InChI=1S/C24H21Cl2N5S/c1-27-24(30-32-22-5-3-2-4-6-22)28-16-20-15-23(17-7-9-18(25)10-8-17)31(29-20)21-13-11-19(26)12-14-21/h2-15H,16H2,1H3,(H2,27,28,30). The van der Waals surface area contributed by atoms with Gasteiger partial charge in [0.25, 0.3) is 0 Å². The van der Waals surface area contributed by atoms with Crippen molar-refractivity contribution >= 4 is 41.1 Å². The van der Waals surface area contributed by atoms with E-state index >= 15 is 0 Å². The molecular weight excluding hydrogens is 461 g/mol. The van der Waals surface area contributed by atoms with Crippen molar-refractivity contribution < 1.29 is 0 Å². The molecule has 0 spiro atoms. The highest BCUT2D eigenvalue weighted by atomic mass is 35.5. The lowest BCUT2D eigenvalue weighted by Crippen LogP contribution is -2.32. The van der Waals surface area contributed by atoms with Crippen LogP contribution in [0.5, 0.6) is 0 Å². The molecule has 0 saturated heterocycles. The SMILES string of the molecule is CN=C(NCc1cc(-c2ccc(Cl)cc2)n(-c2ccc(Cl)cc2)n1)NSc1ccccc1. The molecule has 162 valence electrons. The topological polar surface area (TPSA) is 54.2 Å². The fraction of sp³-hybridized carbons (Fsp3) is 0.0833. The molecule has 0 amide bonds. The number of nitrogens with zero attached hydrogens (tertiary/aromatic N) is 3. The van der Waals surface area contributed by atoms with Crippen LogP contribution in [-0.4, -0.2) is 22.8 Å². The summed E-state index contributed by atoms with van der Waals surface area (Å²) in [5.41, 5.74) is 3.78. The fourth-order valence-corrected chi connectivity index (χ4v) is 3.98. The second kappa shape index (κ2) is 10.6. The van der Waals surface area contributed by atoms with E-state index in [9.17, 15) is 0 Å². The van der Waals surface area contributed by atoms with Crippen molar-refractivity contribution in [2.24, 2.45) is 4.99 Å². The number of hydrogen-bond acceptors (Lipinski definition) is 3. The number of benzene rings is 3. The molecule has 3 aromatic carbocycles. The van der Waals surface area contributed by atoms with Crippen LogP contribution in [0, 0.1) is 0 Å². The first-order valence-electron chi connectivity index (χ1n) is 9.92. The van der Waals surface area contributed by atoms with Crippen LogP contribution >= 0.6 is 35.1 Å². The molecule has 4 aromatic rings. The maximum absolute atomic E-state index is 6.08. The van der Waals surface area contributed by atoms with Gasteiger partial charge in [-0.15, -0.1) is 0 Å². The Bertz CT molecular complexity index is 1130. The van der Waals surface area contributed by atoms with Crippen LogP contribution in [0.15, 0.2) is 94.8 Å². The van der Waals surface area contributed by atoms with E-state index in [1.54, 1.807) is 7.05 Å². The molecule has 0 radical (unpaired) electrons. The van der Waals surface area contributed by atoms with Crippen molar-refractivity contribution in [2.45, 2.75) is 11.4 Å². The van der Waals surface area contributed by atoms with E-state index in [-0.39, 0.29) is 0 Å². The quantitative estimate of drug-likeness (QED) is 0.195. The molecule has 5 nitrogen and oxygen atoms in total. The highest BCUT2D eigenvalue weighted by Crippen LogP contribution is 2.26. The summed E-state index contributed by atoms with van der Waals surface area (Å²) in [5.74, 6) is 0.674. The first-order chi connectivity index (χ1) is 15.6. The predicted octanol–water partition coefficient (Wildman–Crippen LogP) is 6.22. The van der Waals surface area contributed by atoms with Gasteiger partial charge in [-0.2, -0.15) is 5.10 Å². The fourth-order valence-electron chi connectivity index (χ4n) is 3.05. The van der Waals surface area contributed by atoms with E-state index in [0.29, 0.717) is 22.5 Å². The zero-order valence-electron chi connectivity index (χ0n) is 17.3. The van der Waals surface area contributed by atoms with Crippen molar-refractivity contribution in [1.29, 1.82) is 0 Å². The molecule has 0 aliphatic carbocycles. The third kappa shape index (κ3) is 5.65. The van der Waals surface area contributed by atoms with E-state index in [0.717, 1.165) is 27.5 Å². The lowest BCUT2D eigenvalue weighted by atomic mass is 10.1. The molecule has 0 fully saturated rings. The van der Waals surface area contributed by atoms with Crippen LogP contribution in [-0.2, 0) is 6.54 Å². The Balaban J connectivity index is 1.54. The summed E-state index contributed by atoms with van der Waals surface area (Å²) in [7, 11) is 1.74. The summed E-state index contributed by atoms with van der Waals surface area (Å²) in [6, 6.07) is 27.5. The molecule has 0 aliphatic heterocycles. The zero-order valence-corrected chi connectivity index (χ0v) is 19.6. The lowest BCUT2D eigenvalue weighted by Gasteiger charge is -2.10. The van der Waals surface area contributed by atoms with E-state index in [2.05, 4.69) is 21.1 Å². The number of nitrogens with one attached hydrogen (secondary N) is 2. The predicted molar refractivity (Wildman–Crippen MR) is 135 cm³/mol. The van der Waals surface area contributed by atoms with Gasteiger partial charge in [0.15, 0.2) is 0 Å². The van der Waals surface area contributed by atoms with Crippen molar-refractivity contribution in [3.05, 3.63) is 101 Å². The molecule has 2 N–H and O–H groups in total. The minimum Gasteiger partial charge on any atom is -0.350 e. The van der Waals surface area contributed by atoms with Gasteiger partial charge in [0.2, 0.25) is 5.96 Å². The van der Waals surface area contributed by atoms with Gasteiger partial charge in [-0.05, 0) is 66.5 Å². The molecule has 0 bridgehead atoms. The maximum atomic E-state index is 6.08. The molecule has 0 saturated carbocycles. The Labute approximate surface area is 201 Å². The van der Waals surface area contributed by atoms with Crippen LogP contribution in [0.4, 0.5) is 0 Å².